The number of carbonyl (C=O) groups is 4. The Morgan fingerprint density at radius 3 is 2.26 bits per heavy atom. The molecule has 0 bridgehead atoms. The second-order valence-corrected chi connectivity index (χ2v) is 15.4. The lowest BCUT2D eigenvalue weighted by molar-refractivity contribution is -0.280. The number of carbonyl (C=O) groups excluding carboxylic acids is 4. The van der Waals surface area contributed by atoms with Crippen molar-refractivity contribution in [3.63, 3.8) is 0 Å². The first-order valence-electron chi connectivity index (χ1n) is 18.2. The molecular formula is C36H61N5O9. The zero-order valence-electron chi connectivity index (χ0n) is 32.2. The number of fused-ring (bicyclic) bond motifs is 1. The smallest absolute Gasteiger partial charge is 0.410 e. The number of cyclic esters (lactones) is 1. The van der Waals surface area contributed by atoms with E-state index in [1.54, 1.807) is 20.8 Å². The van der Waals surface area contributed by atoms with Crippen molar-refractivity contribution >= 4 is 23.6 Å². The average Bonchev–Trinajstić information content (AvgIpc) is 3.33. The lowest BCUT2D eigenvalue weighted by Crippen LogP contribution is -2.59. The molecule has 0 aromatic heterocycles. The van der Waals surface area contributed by atoms with Gasteiger partial charge in [-0.2, -0.15) is 0 Å². The monoisotopic (exact) mass is 707 g/mol. The van der Waals surface area contributed by atoms with E-state index in [0.717, 1.165) is 6.42 Å². The summed E-state index contributed by atoms with van der Waals surface area (Å²) in [5.74, 6) is -4.65. The minimum Gasteiger partial charge on any atom is -0.458 e. The van der Waals surface area contributed by atoms with Gasteiger partial charge in [-0.1, -0.05) is 39.7 Å². The molecule has 1 amide bonds. The molecule has 14 heteroatoms. The second-order valence-electron chi connectivity index (χ2n) is 15.4. The Balaban J connectivity index is 2.10. The molecule has 0 radical (unpaired) electrons. The van der Waals surface area contributed by atoms with Gasteiger partial charge in [-0.25, -0.2) is 4.79 Å². The van der Waals surface area contributed by atoms with Gasteiger partial charge in [-0.15, -0.1) is 0 Å². The van der Waals surface area contributed by atoms with E-state index < -0.39 is 77.3 Å². The fourth-order valence-corrected chi connectivity index (χ4v) is 8.55. The Labute approximate surface area is 297 Å². The number of Topliss-reactive ketones (excluding diaryl/α,β-unsaturated/α-hetero) is 2. The van der Waals surface area contributed by atoms with E-state index in [2.05, 4.69) is 21.8 Å². The van der Waals surface area contributed by atoms with Crippen LogP contribution in [0, 0.1) is 29.6 Å². The molecule has 3 heterocycles. The van der Waals surface area contributed by atoms with Crippen molar-refractivity contribution in [3.05, 3.63) is 10.4 Å². The number of hydrogen-bond acceptors (Lipinski definition) is 11. The highest BCUT2D eigenvalue weighted by Gasteiger charge is 2.60. The molecule has 0 aliphatic carbocycles. The number of methoxy groups -OCH3 is 1. The van der Waals surface area contributed by atoms with Gasteiger partial charge in [0, 0.05) is 54.8 Å². The predicted octanol–water partition coefficient (Wildman–Crippen LogP) is 5.56. The Morgan fingerprint density at radius 2 is 1.68 bits per heavy atom. The third-order valence-electron chi connectivity index (χ3n) is 11.5. The lowest BCUT2D eigenvalue weighted by Gasteiger charge is -2.47. The molecule has 0 saturated carbocycles. The average molecular weight is 708 g/mol. The number of amides is 1. The minimum absolute atomic E-state index is 0.0558. The zero-order valence-corrected chi connectivity index (χ0v) is 32.2. The number of nitrogens with zero attached hydrogens (tertiary/aromatic N) is 5. The molecule has 14 nitrogen and oxygen atoms in total. The van der Waals surface area contributed by atoms with Crippen molar-refractivity contribution in [2.75, 3.05) is 34.3 Å². The zero-order chi connectivity index (χ0) is 37.7. The van der Waals surface area contributed by atoms with E-state index in [1.165, 1.54) is 18.9 Å². The van der Waals surface area contributed by atoms with Crippen LogP contribution in [0.25, 0.3) is 10.4 Å². The van der Waals surface area contributed by atoms with Gasteiger partial charge in [0.25, 0.3) is 0 Å². The van der Waals surface area contributed by atoms with E-state index in [0.29, 0.717) is 12.8 Å². The molecule has 0 N–H and O–H groups in total. The lowest BCUT2D eigenvalue weighted by atomic mass is 9.73. The van der Waals surface area contributed by atoms with Gasteiger partial charge in [-0.3, -0.25) is 14.4 Å². The van der Waals surface area contributed by atoms with Gasteiger partial charge in [0.1, 0.15) is 17.8 Å². The number of ketones is 2. The summed E-state index contributed by atoms with van der Waals surface area (Å²) in [6.45, 7) is 16.8. The summed E-state index contributed by atoms with van der Waals surface area (Å²) in [6.07, 6.45) is -0.889. The van der Waals surface area contributed by atoms with Crippen LogP contribution in [0.5, 0.6) is 0 Å². The van der Waals surface area contributed by atoms with Gasteiger partial charge < -0.3 is 33.5 Å². The molecule has 0 spiro atoms. The Hall–Kier alpha value is -2.77. The minimum atomic E-state index is -1.38. The molecule has 0 aromatic rings. The summed E-state index contributed by atoms with van der Waals surface area (Å²) in [4.78, 5) is 62.5. The van der Waals surface area contributed by atoms with Crippen molar-refractivity contribution in [2.45, 2.75) is 142 Å². The molecule has 3 saturated heterocycles. The maximum atomic E-state index is 14.5. The number of unbranched alkanes of at least 4 members (excludes halogenated alkanes) is 1. The van der Waals surface area contributed by atoms with Gasteiger partial charge in [0.2, 0.25) is 0 Å². The van der Waals surface area contributed by atoms with E-state index >= 15 is 0 Å². The first kappa shape index (κ1) is 41.6. The molecule has 50 heavy (non-hydrogen) atoms. The van der Waals surface area contributed by atoms with Crippen LogP contribution in [0.2, 0.25) is 0 Å². The van der Waals surface area contributed by atoms with E-state index in [-0.39, 0.29) is 49.8 Å². The third kappa shape index (κ3) is 8.63. The van der Waals surface area contributed by atoms with E-state index in [9.17, 15) is 19.2 Å². The van der Waals surface area contributed by atoms with Crippen molar-refractivity contribution in [1.82, 2.24) is 9.80 Å². The van der Waals surface area contributed by atoms with E-state index in [4.69, 9.17) is 29.2 Å². The number of hydrogen-bond donors (Lipinski definition) is 0. The SMILES string of the molecule is CC[C@H]1OC(=O)[C@H](C)C(=O)[C@H](C)[C@@H](OC2O[C@H](C)C[C@H](N(C)C)[C@H]2C)[C@@](C)(OC)C[C@@H](C)C(=O)[C@H](C)[C@H]2N(CCCCN=[N+]=[N-])C(=O)O[C@]12C. The van der Waals surface area contributed by atoms with Gasteiger partial charge in [0.05, 0.1) is 23.9 Å². The summed E-state index contributed by atoms with van der Waals surface area (Å²) < 4.78 is 31.4. The molecular weight excluding hydrogens is 646 g/mol. The van der Waals surface area contributed by atoms with Crippen LogP contribution in [0.15, 0.2) is 5.11 Å². The molecule has 3 aliphatic heterocycles. The van der Waals surface area contributed by atoms with Crippen LogP contribution in [-0.4, -0.2) is 116 Å². The third-order valence-corrected chi connectivity index (χ3v) is 11.5. The normalized spacial score (nSPS) is 40.5. The van der Waals surface area contributed by atoms with Crippen LogP contribution < -0.4 is 0 Å². The largest absolute Gasteiger partial charge is 0.458 e. The fraction of sp³-hybridized carbons (Fsp3) is 0.889. The number of ether oxygens (including phenoxy) is 5. The van der Waals surface area contributed by atoms with Crippen LogP contribution in [0.3, 0.4) is 0 Å². The summed E-state index contributed by atoms with van der Waals surface area (Å²) >= 11 is 0. The molecule has 3 fully saturated rings. The van der Waals surface area contributed by atoms with Crippen molar-refractivity contribution in [1.29, 1.82) is 0 Å². The highest BCUT2D eigenvalue weighted by atomic mass is 16.7. The molecule has 284 valence electrons. The number of esters is 1. The highest BCUT2D eigenvalue weighted by molar-refractivity contribution is 6.00. The van der Waals surface area contributed by atoms with Crippen LogP contribution in [0.4, 0.5) is 4.79 Å². The Morgan fingerprint density at radius 1 is 1.02 bits per heavy atom. The molecule has 3 aliphatic rings. The summed E-state index contributed by atoms with van der Waals surface area (Å²) in [7, 11) is 5.58. The summed E-state index contributed by atoms with van der Waals surface area (Å²) in [5.41, 5.74) is 6.12. The summed E-state index contributed by atoms with van der Waals surface area (Å²) in [6, 6.07) is -0.618. The highest BCUT2D eigenvalue weighted by Crippen LogP contribution is 2.43. The fourth-order valence-electron chi connectivity index (χ4n) is 8.55. The topological polar surface area (TPSA) is 170 Å². The first-order valence-corrected chi connectivity index (χ1v) is 18.2. The van der Waals surface area contributed by atoms with Gasteiger partial charge in [-0.05, 0) is 79.4 Å². The number of rotatable bonds is 10. The van der Waals surface area contributed by atoms with Crippen LogP contribution in [0.1, 0.15) is 94.4 Å². The predicted molar refractivity (Wildman–Crippen MR) is 186 cm³/mol. The van der Waals surface area contributed by atoms with Gasteiger partial charge >= 0.3 is 12.1 Å². The van der Waals surface area contributed by atoms with Crippen molar-refractivity contribution in [2.24, 2.45) is 34.7 Å². The maximum Gasteiger partial charge on any atom is 0.410 e. The quantitative estimate of drug-likeness (QED) is 0.0700. The van der Waals surface area contributed by atoms with E-state index in [1.807, 2.05) is 41.8 Å². The molecule has 3 rings (SSSR count). The van der Waals surface area contributed by atoms with Crippen molar-refractivity contribution < 1.29 is 42.9 Å². The Kier molecular flexibility index (Phi) is 14.3. The maximum absolute atomic E-state index is 14.5. The van der Waals surface area contributed by atoms with Crippen LogP contribution in [-0.2, 0) is 38.1 Å². The second kappa shape index (κ2) is 17.2. The van der Waals surface area contributed by atoms with Crippen LogP contribution >= 0.6 is 0 Å². The first-order chi connectivity index (χ1) is 23.4. The molecule has 0 aromatic carbocycles. The standard InChI is InChI=1S/C36H61N5O9/c1-13-27-36(9)30(41(34(45)50-36)17-15-14-16-38-39-37)23(5)28(42)20(2)19-35(8,46-12)31(24(6)29(43)25(7)32(44)48-27)49-33-22(4)26(40(10)11)18-21(3)47-33/h20-27,30-31,33H,13-19H2,1-12H3/t20-,21-,22-,23+,24+,25-,26+,27-,30-,31-,33?,35+,36-/m1/s1. The number of azide groups is 1. The van der Waals surface area contributed by atoms with Crippen molar-refractivity contribution in [3.8, 4) is 0 Å². The van der Waals surface area contributed by atoms with Gasteiger partial charge in [0.15, 0.2) is 17.7 Å². The molecule has 13 atom stereocenters. The molecule has 1 unspecified atom stereocenters. The summed E-state index contributed by atoms with van der Waals surface area (Å²) in [5, 5.41) is 3.58. The Bertz CT molecular complexity index is 1280.